The summed E-state index contributed by atoms with van der Waals surface area (Å²) in [4.78, 5) is 124. The molecular formula is C12H32N4O26P6. The summed E-state index contributed by atoms with van der Waals surface area (Å²) in [5.41, 5.74) is 15.3. The molecule has 30 nitrogen and oxygen atoms in total. The molecule has 0 unspecified atom stereocenters. The van der Waals surface area contributed by atoms with Crippen molar-refractivity contribution >= 4 is 58.9 Å². The van der Waals surface area contributed by atoms with E-state index >= 15 is 0 Å². The number of nitrogens with two attached hydrogens (primary N) is 3. The van der Waals surface area contributed by atoms with Crippen LogP contribution >= 0.6 is 46.9 Å². The Morgan fingerprint density at radius 2 is 0.750 bits per heavy atom. The van der Waals surface area contributed by atoms with Crippen molar-refractivity contribution in [2.75, 3.05) is 6.54 Å². The van der Waals surface area contributed by atoms with Crippen molar-refractivity contribution in [3.63, 3.8) is 0 Å². The van der Waals surface area contributed by atoms with Crippen LogP contribution in [0.1, 0.15) is 12.8 Å². The van der Waals surface area contributed by atoms with Gasteiger partial charge in [-0.25, -0.2) is 27.4 Å². The van der Waals surface area contributed by atoms with Crippen molar-refractivity contribution in [2.24, 2.45) is 22.2 Å². The molecular weight excluding hydrogens is 802 g/mol. The Morgan fingerprint density at radius 3 is 0.896 bits per heavy atom. The van der Waals surface area contributed by atoms with Gasteiger partial charge in [-0.05, 0) is 12.8 Å². The molecule has 1 aliphatic carbocycles. The van der Waals surface area contributed by atoms with E-state index < -0.39 is 95.6 Å². The molecule has 1 aliphatic rings. The largest absolute Gasteiger partial charge is 0.480 e. The predicted molar refractivity (Wildman–Crippen MR) is 147 cm³/mol. The summed E-state index contributed by atoms with van der Waals surface area (Å²) in [6, 6.07) is -0.820. The zero-order valence-electron chi connectivity index (χ0n) is 23.1. The first-order valence-electron chi connectivity index (χ1n) is 11.6. The molecule has 0 bridgehead atoms. The lowest BCUT2D eigenvalue weighted by Gasteiger charge is -2.48. The highest BCUT2D eigenvalue weighted by Crippen LogP contribution is 2.57. The number of guanidine groups is 1. The maximum absolute atomic E-state index is 11.4. The molecule has 0 saturated heterocycles. The van der Waals surface area contributed by atoms with Gasteiger partial charge in [-0.15, -0.1) is 0 Å². The number of carbonyl (C=O) groups is 1. The maximum Gasteiger partial charge on any atom is 0.470 e. The summed E-state index contributed by atoms with van der Waals surface area (Å²) < 4.78 is 93.1. The highest BCUT2D eigenvalue weighted by molar-refractivity contribution is 7.47. The van der Waals surface area contributed by atoms with Crippen LogP contribution in [0.2, 0.25) is 0 Å². The summed E-state index contributed by atoms with van der Waals surface area (Å²) in [5, 5.41) is 8.38. The third-order valence-electron chi connectivity index (χ3n) is 4.78. The lowest BCUT2D eigenvalue weighted by Crippen LogP contribution is -2.66. The van der Waals surface area contributed by atoms with Crippen LogP contribution in [0.25, 0.3) is 0 Å². The predicted octanol–water partition coefficient (Wildman–Crippen LogP) is -4.68. The average molecular weight is 834 g/mol. The molecule has 19 N–H and O–H groups in total. The number of hydrogen-bond donors (Lipinski definition) is 16. The maximum atomic E-state index is 11.4. The number of carboxylic acid groups (broad SMARTS) is 1. The summed E-state index contributed by atoms with van der Waals surface area (Å²) in [5.74, 6) is -0.987. The van der Waals surface area contributed by atoms with Gasteiger partial charge in [0.1, 0.15) is 42.7 Å². The van der Waals surface area contributed by atoms with E-state index in [0.29, 0.717) is 19.4 Å². The van der Waals surface area contributed by atoms with E-state index in [-0.39, 0.29) is 5.96 Å². The van der Waals surface area contributed by atoms with Gasteiger partial charge >= 0.3 is 52.9 Å². The quantitative estimate of drug-likeness (QED) is 0.0283. The minimum Gasteiger partial charge on any atom is -0.480 e. The van der Waals surface area contributed by atoms with Crippen LogP contribution in [0.4, 0.5) is 0 Å². The van der Waals surface area contributed by atoms with E-state index in [9.17, 15) is 32.2 Å². The number of phosphoric ester groups is 6. The van der Waals surface area contributed by atoms with Crippen LogP contribution in [0.3, 0.4) is 0 Å². The SMILES string of the molecule is NC(N)=NCCC[C@H](N)C(=O)O.O=P(O)(O)OC1C(OP(=O)(O)O)C(OP(=O)(O)O)C(OP(=O)(O)O)C(OP(=O)(O)O)C1OP(=O)(O)O. The van der Waals surface area contributed by atoms with Crippen molar-refractivity contribution in [1.82, 2.24) is 0 Å². The van der Waals surface area contributed by atoms with E-state index in [1.165, 1.54) is 0 Å². The first kappa shape index (κ1) is 47.4. The van der Waals surface area contributed by atoms with E-state index in [1.807, 2.05) is 0 Å². The molecule has 36 heteroatoms. The molecule has 0 aromatic carbocycles. The van der Waals surface area contributed by atoms with Crippen LogP contribution in [0.15, 0.2) is 4.99 Å². The molecule has 0 aromatic rings. The normalized spacial score (nSPS) is 25.0. The Hall–Kier alpha value is -0.640. The molecule has 48 heavy (non-hydrogen) atoms. The highest BCUT2D eigenvalue weighted by atomic mass is 31.2. The second-order valence-electron chi connectivity index (χ2n) is 8.76. The summed E-state index contributed by atoms with van der Waals surface area (Å²) >= 11 is 0. The molecule has 286 valence electrons. The smallest absolute Gasteiger partial charge is 0.470 e. The van der Waals surface area contributed by atoms with E-state index in [4.69, 9.17) is 81.0 Å². The van der Waals surface area contributed by atoms with E-state index in [2.05, 4.69) is 32.1 Å². The molecule has 0 aromatic heterocycles. The first-order chi connectivity index (χ1) is 21.1. The van der Waals surface area contributed by atoms with Crippen molar-refractivity contribution < 1.29 is 123 Å². The van der Waals surface area contributed by atoms with Gasteiger partial charge in [-0.1, -0.05) is 0 Å². The fourth-order valence-electron chi connectivity index (χ4n) is 3.44. The fourth-order valence-corrected chi connectivity index (χ4v) is 6.78. The van der Waals surface area contributed by atoms with Crippen molar-refractivity contribution in [3.05, 3.63) is 0 Å². The molecule has 0 radical (unpaired) electrons. The Kier molecular flexibility index (Phi) is 18.0. The summed E-state index contributed by atoms with van der Waals surface area (Å²) in [7, 11) is -36.1. The molecule has 1 fully saturated rings. The Bertz CT molecular complexity index is 1160. The first-order valence-corrected chi connectivity index (χ1v) is 20.8. The molecule has 1 rings (SSSR count). The minimum absolute atomic E-state index is 0.0129. The Labute approximate surface area is 266 Å². The molecule has 1 saturated carbocycles. The monoisotopic (exact) mass is 834 g/mol. The molecule has 0 heterocycles. The molecule has 0 amide bonds. The van der Waals surface area contributed by atoms with Crippen molar-refractivity contribution in [3.8, 4) is 0 Å². The standard InChI is InChI=1S/C6H14N4O2.C6H18O24P6/c7-4(5(11)12)2-1-3-10-6(8)9;7-31(8,9)25-1-2(26-32(10,11)12)4(28-34(16,17)18)6(30-36(22,23)24)5(29-35(19,20)21)3(1)27-33(13,14)15/h4H,1-3,7H2,(H,11,12)(H4,8,9,10);1-6H,(H2,7,8,9)(H2,10,11,12)(H2,13,14,15)(H2,16,17,18)(H2,19,20,21)(H2,22,23,24)/t4-;/m0./s1. The highest BCUT2D eigenvalue weighted by Gasteiger charge is 2.62. The zero-order valence-corrected chi connectivity index (χ0v) is 28.5. The van der Waals surface area contributed by atoms with Gasteiger partial charge in [0.25, 0.3) is 0 Å². The number of aliphatic carboxylic acids is 1. The van der Waals surface area contributed by atoms with Gasteiger partial charge in [-0.3, -0.25) is 36.9 Å². The third kappa shape index (κ3) is 21.5. The van der Waals surface area contributed by atoms with E-state index in [1.54, 1.807) is 0 Å². The minimum atomic E-state index is -6.02. The van der Waals surface area contributed by atoms with Gasteiger partial charge in [0.2, 0.25) is 0 Å². The number of rotatable bonds is 17. The van der Waals surface area contributed by atoms with Crippen molar-refractivity contribution in [2.45, 2.75) is 55.5 Å². The van der Waals surface area contributed by atoms with Gasteiger partial charge in [0.15, 0.2) is 5.96 Å². The van der Waals surface area contributed by atoms with Crippen LogP contribution in [-0.4, -0.2) is 125 Å². The van der Waals surface area contributed by atoms with E-state index in [0.717, 1.165) is 0 Å². The van der Waals surface area contributed by atoms with Gasteiger partial charge in [0.05, 0.1) is 0 Å². The summed E-state index contributed by atoms with van der Waals surface area (Å²) in [6.07, 6.45) is -17.9. The number of hydrogen-bond acceptors (Lipinski definition) is 15. The van der Waals surface area contributed by atoms with Gasteiger partial charge in [-0.2, -0.15) is 0 Å². The Balaban J connectivity index is 0.00000155. The average Bonchev–Trinajstić information content (AvgIpc) is 2.79. The van der Waals surface area contributed by atoms with Crippen LogP contribution in [0, 0.1) is 0 Å². The lowest BCUT2D eigenvalue weighted by molar-refractivity contribution is -0.202. The Morgan fingerprint density at radius 1 is 0.542 bits per heavy atom. The fraction of sp³-hybridized carbons (Fsp3) is 0.833. The van der Waals surface area contributed by atoms with Crippen LogP contribution in [-0.2, 0) is 59.3 Å². The topological polar surface area (TPSA) is 528 Å². The van der Waals surface area contributed by atoms with Crippen LogP contribution in [0.5, 0.6) is 0 Å². The van der Waals surface area contributed by atoms with Crippen LogP contribution < -0.4 is 17.2 Å². The van der Waals surface area contributed by atoms with Crippen molar-refractivity contribution in [1.29, 1.82) is 0 Å². The molecule has 0 spiro atoms. The second kappa shape index (κ2) is 18.2. The molecule has 1 atom stereocenters. The van der Waals surface area contributed by atoms with Gasteiger partial charge in [0, 0.05) is 6.54 Å². The second-order valence-corrected chi connectivity index (χ2v) is 15.9. The number of carboxylic acids is 1. The van der Waals surface area contributed by atoms with Gasteiger partial charge < -0.3 is 81.0 Å². The number of phosphoric acid groups is 6. The lowest BCUT2D eigenvalue weighted by atomic mass is 9.85. The third-order valence-corrected chi connectivity index (χ3v) is 7.89. The molecule has 0 aliphatic heterocycles. The summed E-state index contributed by atoms with van der Waals surface area (Å²) in [6.45, 7) is 0.420. The zero-order chi connectivity index (χ0) is 38.3. The number of nitrogens with zero attached hydrogens (tertiary/aromatic N) is 1. The number of aliphatic imine (C=N–C) groups is 1.